The van der Waals surface area contributed by atoms with Crippen LogP contribution in [-0.4, -0.2) is 61.2 Å². The number of ether oxygens (including phenoxy) is 3. The van der Waals surface area contributed by atoms with Gasteiger partial charge in [-0.25, -0.2) is 0 Å². The minimum absolute atomic E-state index is 0.105. The number of rotatable bonds is 11. The number of hydrogen-bond donors (Lipinski definition) is 1. The van der Waals surface area contributed by atoms with Gasteiger partial charge in [-0.05, 0) is 80.6 Å². The van der Waals surface area contributed by atoms with E-state index in [1.807, 2.05) is 31.2 Å². The molecule has 1 fully saturated rings. The molecule has 1 saturated heterocycles. The zero-order chi connectivity index (χ0) is 28.8. The lowest BCUT2D eigenvalue weighted by Gasteiger charge is -2.27. The maximum atomic E-state index is 13.9. The van der Waals surface area contributed by atoms with Crippen LogP contribution in [0.15, 0.2) is 57.5 Å². The summed E-state index contributed by atoms with van der Waals surface area (Å²) in [6, 6.07) is 14.5. The molecule has 0 saturated carbocycles. The van der Waals surface area contributed by atoms with E-state index >= 15 is 0 Å². The Morgan fingerprint density at radius 3 is 2.35 bits per heavy atom. The van der Waals surface area contributed by atoms with E-state index < -0.39 is 5.97 Å². The minimum Gasteiger partial charge on any atom is -0.492 e. The first-order valence-corrected chi connectivity index (χ1v) is 14.8. The molecule has 4 rings (SSSR count). The number of hydrogen-bond acceptors (Lipinski definition) is 6. The molecule has 0 spiro atoms. The van der Waals surface area contributed by atoms with E-state index in [0.717, 1.165) is 44.0 Å². The van der Waals surface area contributed by atoms with Crippen molar-refractivity contribution in [1.82, 2.24) is 4.90 Å². The fourth-order valence-electron chi connectivity index (χ4n) is 4.56. The van der Waals surface area contributed by atoms with Crippen LogP contribution in [0.4, 0.5) is 0 Å². The topological polar surface area (TPSA) is 85.3 Å². The Balaban J connectivity index is 1.73. The van der Waals surface area contributed by atoms with Crippen molar-refractivity contribution in [2.45, 2.75) is 33.1 Å². The minimum atomic E-state index is -0.927. The molecule has 0 unspecified atom stereocenters. The number of aliphatic carboxylic acids is 1. The monoisotopic (exact) mass is 673 g/mol. The summed E-state index contributed by atoms with van der Waals surface area (Å²) in [7, 11) is 0. The molecule has 3 aromatic rings. The molecule has 7 nitrogen and oxygen atoms in total. The quantitative estimate of drug-likeness (QED) is 0.219. The number of carbonyl (C=O) groups excluding carboxylic acids is 1. The molecule has 0 aromatic heterocycles. The zero-order valence-corrected chi connectivity index (χ0v) is 26.0. The van der Waals surface area contributed by atoms with Crippen molar-refractivity contribution in [3.63, 3.8) is 0 Å². The number of ketones is 1. The van der Waals surface area contributed by atoms with Crippen molar-refractivity contribution in [2.75, 3.05) is 39.5 Å². The van der Waals surface area contributed by atoms with E-state index in [4.69, 9.17) is 14.2 Å². The van der Waals surface area contributed by atoms with Crippen LogP contribution in [0, 0.1) is 6.92 Å². The summed E-state index contributed by atoms with van der Waals surface area (Å²) < 4.78 is 19.3. The Bertz CT molecular complexity index is 1360. The maximum absolute atomic E-state index is 13.9. The number of carboxylic acid groups (broad SMARTS) is 1. The van der Waals surface area contributed by atoms with Crippen LogP contribution in [0.5, 0.6) is 17.2 Å². The number of carbonyl (C=O) groups is 2. The summed E-state index contributed by atoms with van der Waals surface area (Å²) in [4.78, 5) is 27.4. The first-order valence-electron chi connectivity index (χ1n) is 13.2. The van der Waals surface area contributed by atoms with Crippen LogP contribution in [-0.2, 0) is 16.0 Å². The molecule has 212 valence electrons. The third-order valence-electron chi connectivity index (χ3n) is 6.65. The average molecular weight is 675 g/mol. The summed E-state index contributed by atoms with van der Waals surface area (Å²) in [6.07, 6.45) is -0.122. The van der Waals surface area contributed by atoms with Crippen LogP contribution >= 0.6 is 31.9 Å². The van der Waals surface area contributed by atoms with Gasteiger partial charge in [-0.2, -0.15) is 0 Å². The van der Waals surface area contributed by atoms with Gasteiger partial charge in [0.2, 0.25) is 0 Å². The summed E-state index contributed by atoms with van der Waals surface area (Å²) >= 11 is 7.05. The molecule has 0 radical (unpaired) electrons. The Labute approximate surface area is 251 Å². The highest BCUT2D eigenvalue weighted by atomic mass is 79.9. The van der Waals surface area contributed by atoms with Gasteiger partial charge >= 0.3 is 5.97 Å². The van der Waals surface area contributed by atoms with Crippen LogP contribution in [0.25, 0.3) is 0 Å². The third kappa shape index (κ3) is 7.72. The molecule has 40 heavy (non-hydrogen) atoms. The molecule has 3 aromatic carbocycles. The normalized spacial score (nSPS) is 13.8. The highest BCUT2D eigenvalue weighted by Crippen LogP contribution is 2.42. The number of benzene rings is 3. The van der Waals surface area contributed by atoms with Crippen molar-refractivity contribution >= 4 is 43.6 Å². The number of morpholine rings is 1. The fraction of sp³-hybridized carbons (Fsp3) is 0.355. The first kappa shape index (κ1) is 30.2. The molecule has 1 N–H and O–H groups in total. The highest BCUT2D eigenvalue weighted by Gasteiger charge is 2.23. The van der Waals surface area contributed by atoms with Gasteiger partial charge in [-0.3, -0.25) is 14.5 Å². The van der Waals surface area contributed by atoms with Crippen molar-refractivity contribution in [2.24, 2.45) is 0 Å². The Morgan fingerprint density at radius 1 is 1.02 bits per heavy atom. The highest BCUT2D eigenvalue weighted by molar-refractivity contribution is 9.11. The molecule has 0 atom stereocenters. The molecule has 0 bridgehead atoms. The van der Waals surface area contributed by atoms with E-state index in [1.54, 1.807) is 24.3 Å². The molecule has 1 heterocycles. The second-order valence-electron chi connectivity index (χ2n) is 10.1. The fourth-order valence-corrected chi connectivity index (χ4v) is 6.00. The Hall–Kier alpha value is -2.72. The van der Waals surface area contributed by atoms with Gasteiger partial charge in [0, 0.05) is 30.8 Å². The molecular formula is C31H33Br2NO6. The maximum Gasteiger partial charge on any atom is 0.307 e. The van der Waals surface area contributed by atoms with E-state index in [-0.39, 0.29) is 18.1 Å². The average Bonchev–Trinajstić information content (AvgIpc) is 2.90. The molecular weight excluding hydrogens is 642 g/mol. The Kier molecular flexibility index (Phi) is 10.4. The van der Waals surface area contributed by atoms with Gasteiger partial charge in [0.25, 0.3) is 0 Å². The SMILES string of the molecule is Cc1cccc(C(=O)c2cc(OCCN3CCOCC3)c(C(C)C)cc2Oc2c(Br)cc(CC(=O)O)cc2Br)c1. The molecule has 0 aliphatic carbocycles. The Morgan fingerprint density at radius 2 is 1.73 bits per heavy atom. The summed E-state index contributed by atoms with van der Waals surface area (Å²) in [6.45, 7) is 10.5. The predicted octanol–water partition coefficient (Wildman–Crippen LogP) is 7.00. The van der Waals surface area contributed by atoms with Gasteiger partial charge in [0.1, 0.15) is 18.1 Å². The first-order chi connectivity index (χ1) is 19.1. The number of carboxylic acids is 1. The lowest BCUT2D eigenvalue weighted by Crippen LogP contribution is -2.38. The molecule has 1 aliphatic rings. The van der Waals surface area contributed by atoms with Crippen molar-refractivity contribution in [3.05, 3.63) is 85.3 Å². The summed E-state index contributed by atoms with van der Waals surface area (Å²) in [5, 5.41) is 9.20. The summed E-state index contributed by atoms with van der Waals surface area (Å²) in [5.41, 5.74) is 3.45. The van der Waals surface area contributed by atoms with Gasteiger partial charge < -0.3 is 19.3 Å². The van der Waals surface area contributed by atoms with Crippen molar-refractivity contribution < 1.29 is 28.9 Å². The second-order valence-corrected chi connectivity index (χ2v) is 11.8. The van der Waals surface area contributed by atoms with Gasteiger partial charge in [0.15, 0.2) is 11.5 Å². The van der Waals surface area contributed by atoms with Gasteiger partial charge in [-0.1, -0.05) is 37.6 Å². The van der Waals surface area contributed by atoms with Gasteiger partial charge in [-0.15, -0.1) is 0 Å². The largest absolute Gasteiger partial charge is 0.492 e. The molecule has 1 aliphatic heterocycles. The van der Waals surface area contributed by atoms with Crippen LogP contribution in [0.3, 0.4) is 0 Å². The molecule has 9 heteroatoms. The van der Waals surface area contributed by atoms with Crippen LogP contribution in [0.1, 0.15) is 52.4 Å². The summed E-state index contributed by atoms with van der Waals surface area (Å²) in [5.74, 6) is 0.493. The zero-order valence-electron chi connectivity index (χ0n) is 22.8. The van der Waals surface area contributed by atoms with E-state index in [9.17, 15) is 14.7 Å². The van der Waals surface area contributed by atoms with Crippen molar-refractivity contribution in [3.8, 4) is 17.2 Å². The van der Waals surface area contributed by atoms with Gasteiger partial charge in [0.05, 0.1) is 34.1 Å². The second kappa shape index (κ2) is 13.8. The number of halogens is 2. The van der Waals surface area contributed by atoms with E-state index in [2.05, 4.69) is 50.6 Å². The number of nitrogens with zero attached hydrogens (tertiary/aromatic N) is 1. The predicted molar refractivity (Wildman–Crippen MR) is 161 cm³/mol. The van der Waals surface area contributed by atoms with E-state index in [0.29, 0.717) is 49.5 Å². The van der Waals surface area contributed by atoms with Crippen LogP contribution in [0.2, 0.25) is 0 Å². The smallest absolute Gasteiger partial charge is 0.307 e. The van der Waals surface area contributed by atoms with Crippen molar-refractivity contribution in [1.29, 1.82) is 0 Å². The lowest BCUT2D eigenvalue weighted by molar-refractivity contribution is -0.136. The lowest BCUT2D eigenvalue weighted by atomic mass is 9.95. The number of aryl methyl sites for hydroxylation is 1. The van der Waals surface area contributed by atoms with E-state index in [1.165, 1.54) is 0 Å². The molecule has 0 amide bonds. The standard InChI is InChI=1S/C31H33Br2NO6/c1-19(2)23-17-28(40-31-25(32)14-21(15-26(31)33)16-29(35)36)24(30(37)22-6-4-5-20(3)13-22)18-27(23)39-12-9-34-7-10-38-11-8-34/h4-6,13-15,17-19H,7-12,16H2,1-3H3,(H,35,36). The third-order valence-corrected chi connectivity index (χ3v) is 7.83. The van der Waals surface area contributed by atoms with Crippen LogP contribution < -0.4 is 9.47 Å².